The van der Waals surface area contributed by atoms with Crippen LogP contribution >= 0.6 is 0 Å². The van der Waals surface area contributed by atoms with Gasteiger partial charge in [-0.3, -0.25) is 9.69 Å². The van der Waals surface area contributed by atoms with Gasteiger partial charge in [-0.2, -0.15) is 0 Å². The Morgan fingerprint density at radius 1 is 1.24 bits per heavy atom. The van der Waals surface area contributed by atoms with Crippen molar-refractivity contribution in [3.8, 4) is 0 Å². The Hall–Kier alpha value is -3.30. The summed E-state index contributed by atoms with van der Waals surface area (Å²) in [6.07, 6.45) is 4.56. The van der Waals surface area contributed by atoms with E-state index in [0.717, 1.165) is 48.1 Å². The van der Waals surface area contributed by atoms with Crippen molar-refractivity contribution >= 4 is 10.9 Å². The van der Waals surface area contributed by atoms with Crippen molar-refractivity contribution in [2.45, 2.75) is 78.1 Å². The molecule has 9 heteroatoms. The van der Waals surface area contributed by atoms with Gasteiger partial charge in [-0.15, -0.1) is 5.10 Å². The van der Waals surface area contributed by atoms with Gasteiger partial charge in [0.05, 0.1) is 24.5 Å². The predicted octanol–water partition coefficient (Wildman–Crippen LogP) is 4.64. The fourth-order valence-corrected chi connectivity index (χ4v) is 5.06. The van der Waals surface area contributed by atoms with Crippen molar-refractivity contribution in [3.05, 3.63) is 75.2 Å². The number of aromatic amines is 1. The summed E-state index contributed by atoms with van der Waals surface area (Å²) < 4.78 is 13.7. The third kappa shape index (κ3) is 5.10. The van der Waals surface area contributed by atoms with E-state index in [0.29, 0.717) is 24.5 Å². The SMILES string of the molecule is CCC(C)(C)n1nnnc1C(c1cc2cc(C)c(C)cc2[nH]c1=O)N(Cc1ccco1)CC1CCCO1. The molecule has 196 valence electrons. The van der Waals surface area contributed by atoms with Crippen molar-refractivity contribution in [1.82, 2.24) is 30.1 Å². The van der Waals surface area contributed by atoms with E-state index < -0.39 is 6.04 Å². The minimum absolute atomic E-state index is 0.0606. The summed E-state index contributed by atoms with van der Waals surface area (Å²) >= 11 is 0. The zero-order valence-electron chi connectivity index (χ0n) is 22.3. The molecule has 2 unspecified atom stereocenters. The van der Waals surface area contributed by atoms with E-state index in [2.05, 4.69) is 66.1 Å². The van der Waals surface area contributed by atoms with Crippen LogP contribution in [0, 0.1) is 13.8 Å². The minimum Gasteiger partial charge on any atom is -0.468 e. The Morgan fingerprint density at radius 3 is 2.76 bits per heavy atom. The lowest BCUT2D eigenvalue weighted by molar-refractivity contribution is 0.0534. The van der Waals surface area contributed by atoms with Crippen LogP contribution in [-0.2, 0) is 16.8 Å². The van der Waals surface area contributed by atoms with Crippen LogP contribution in [0.25, 0.3) is 10.9 Å². The van der Waals surface area contributed by atoms with Crippen molar-refractivity contribution < 1.29 is 9.15 Å². The molecular formula is C28H36N6O3. The smallest absolute Gasteiger partial charge is 0.253 e. The number of tetrazole rings is 1. The van der Waals surface area contributed by atoms with Crippen LogP contribution in [0.5, 0.6) is 0 Å². The molecule has 0 amide bonds. The molecule has 37 heavy (non-hydrogen) atoms. The number of nitrogens with zero attached hydrogens (tertiary/aromatic N) is 5. The second-order valence-corrected chi connectivity index (χ2v) is 10.7. The summed E-state index contributed by atoms with van der Waals surface area (Å²) in [5, 5.41) is 14.0. The molecular weight excluding hydrogens is 468 g/mol. The number of rotatable bonds is 9. The molecule has 0 bridgehead atoms. The average molecular weight is 505 g/mol. The van der Waals surface area contributed by atoms with Crippen LogP contribution in [-0.4, -0.2) is 49.3 Å². The summed E-state index contributed by atoms with van der Waals surface area (Å²) in [7, 11) is 0. The Kier molecular flexibility index (Phi) is 7.00. The lowest BCUT2D eigenvalue weighted by Crippen LogP contribution is -2.41. The van der Waals surface area contributed by atoms with E-state index >= 15 is 0 Å². The van der Waals surface area contributed by atoms with Gasteiger partial charge in [-0.1, -0.05) is 6.92 Å². The molecule has 2 atom stereocenters. The zero-order valence-corrected chi connectivity index (χ0v) is 22.3. The molecule has 1 aliphatic rings. The largest absolute Gasteiger partial charge is 0.468 e. The quantitative estimate of drug-likeness (QED) is 0.354. The summed E-state index contributed by atoms with van der Waals surface area (Å²) in [4.78, 5) is 19.1. The molecule has 0 saturated carbocycles. The van der Waals surface area contributed by atoms with Crippen LogP contribution in [0.3, 0.4) is 0 Å². The van der Waals surface area contributed by atoms with Gasteiger partial charge >= 0.3 is 0 Å². The standard InChI is InChI=1S/C28H36N6O3/c1-6-28(4,5)34-26(30-31-32-34)25(23-15-20-13-18(2)19(3)14-24(20)29-27(23)35)33(16-21-9-7-11-36-21)17-22-10-8-12-37-22/h7,9,11,13-15,22,25H,6,8,10,12,16-17H2,1-5H3,(H,29,35). The van der Waals surface area contributed by atoms with E-state index in [4.69, 9.17) is 9.15 Å². The first-order valence-electron chi connectivity index (χ1n) is 13.1. The monoisotopic (exact) mass is 504 g/mol. The molecule has 1 fully saturated rings. The van der Waals surface area contributed by atoms with Crippen LogP contribution in [0.15, 0.2) is 45.8 Å². The lowest BCUT2D eigenvalue weighted by Gasteiger charge is -2.34. The number of nitrogens with one attached hydrogen (secondary N) is 1. The van der Waals surface area contributed by atoms with Gasteiger partial charge in [-0.05, 0) is 104 Å². The average Bonchev–Trinajstić information content (AvgIpc) is 3.64. The van der Waals surface area contributed by atoms with Gasteiger partial charge in [0, 0.05) is 24.2 Å². The number of fused-ring (bicyclic) bond motifs is 1. The molecule has 1 saturated heterocycles. The zero-order chi connectivity index (χ0) is 26.2. The Bertz CT molecular complexity index is 1420. The van der Waals surface area contributed by atoms with Gasteiger partial charge in [-0.25, -0.2) is 4.68 Å². The van der Waals surface area contributed by atoms with Gasteiger partial charge < -0.3 is 14.1 Å². The lowest BCUT2D eigenvalue weighted by atomic mass is 9.98. The Balaban J connectivity index is 1.71. The molecule has 0 radical (unpaired) electrons. The number of aryl methyl sites for hydroxylation is 2. The molecule has 4 heterocycles. The maximum Gasteiger partial charge on any atom is 0.253 e. The predicted molar refractivity (Wildman–Crippen MR) is 141 cm³/mol. The first kappa shape index (κ1) is 25.4. The molecule has 1 N–H and O–H groups in total. The van der Waals surface area contributed by atoms with Crippen LogP contribution in [0.2, 0.25) is 0 Å². The van der Waals surface area contributed by atoms with Gasteiger partial charge in [0.25, 0.3) is 5.56 Å². The number of ether oxygens (including phenoxy) is 1. The number of pyridine rings is 1. The number of aromatic nitrogens is 5. The molecule has 1 aliphatic heterocycles. The maximum absolute atomic E-state index is 13.7. The van der Waals surface area contributed by atoms with Crippen LogP contribution in [0.4, 0.5) is 0 Å². The fraction of sp³-hybridized carbons (Fsp3) is 0.500. The molecule has 0 spiro atoms. The molecule has 3 aromatic heterocycles. The third-order valence-corrected chi connectivity index (χ3v) is 7.72. The second kappa shape index (κ2) is 10.2. The molecule has 9 nitrogen and oxygen atoms in total. The minimum atomic E-state index is -0.509. The number of hydrogen-bond acceptors (Lipinski definition) is 7. The fourth-order valence-electron chi connectivity index (χ4n) is 5.06. The van der Waals surface area contributed by atoms with Gasteiger partial charge in [0.1, 0.15) is 11.8 Å². The topological polar surface area (TPSA) is 102 Å². The molecule has 1 aromatic carbocycles. The molecule has 0 aliphatic carbocycles. The summed E-state index contributed by atoms with van der Waals surface area (Å²) in [6.45, 7) is 12.3. The first-order chi connectivity index (χ1) is 17.8. The van der Waals surface area contributed by atoms with Gasteiger partial charge in [0.15, 0.2) is 5.82 Å². The van der Waals surface area contributed by atoms with Crippen molar-refractivity contribution in [2.75, 3.05) is 13.2 Å². The first-order valence-corrected chi connectivity index (χ1v) is 13.1. The number of hydrogen-bond donors (Lipinski definition) is 1. The highest BCUT2D eigenvalue weighted by atomic mass is 16.5. The molecule has 5 rings (SSSR count). The Labute approximate surface area is 216 Å². The Morgan fingerprint density at radius 2 is 2.05 bits per heavy atom. The van der Waals surface area contributed by atoms with E-state index in [1.54, 1.807) is 6.26 Å². The summed E-state index contributed by atoms with van der Waals surface area (Å²) in [6, 6.07) is 9.47. The van der Waals surface area contributed by atoms with E-state index in [1.165, 1.54) is 5.56 Å². The highest BCUT2D eigenvalue weighted by Crippen LogP contribution is 2.33. The molecule has 4 aromatic rings. The van der Waals surface area contributed by atoms with E-state index in [9.17, 15) is 4.79 Å². The van der Waals surface area contributed by atoms with Crippen molar-refractivity contribution in [2.24, 2.45) is 0 Å². The van der Waals surface area contributed by atoms with Crippen molar-refractivity contribution in [1.29, 1.82) is 0 Å². The van der Waals surface area contributed by atoms with Gasteiger partial charge in [0.2, 0.25) is 0 Å². The highest BCUT2D eigenvalue weighted by molar-refractivity contribution is 5.81. The summed E-state index contributed by atoms with van der Waals surface area (Å²) in [5.41, 5.74) is 3.24. The maximum atomic E-state index is 13.7. The summed E-state index contributed by atoms with van der Waals surface area (Å²) in [5.74, 6) is 1.44. The van der Waals surface area contributed by atoms with E-state index in [1.807, 2.05) is 28.9 Å². The number of furan rings is 1. The van der Waals surface area contributed by atoms with Crippen LogP contribution < -0.4 is 5.56 Å². The number of benzene rings is 1. The highest BCUT2D eigenvalue weighted by Gasteiger charge is 2.36. The van der Waals surface area contributed by atoms with Crippen molar-refractivity contribution in [3.63, 3.8) is 0 Å². The van der Waals surface area contributed by atoms with E-state index in [-0.39, 0.29) is 17.2 Å². The normalized spacial score (nSPS) is 17.2. The number of H-pyrrole nitrogens is 1. The van der Waals surface area contributed by atoms with Crippen LogP contribution in [0.1, 0.15) is 74.4 Å². The second-order valence-electron chi connectivity index (χ2n) is 10.7. The third-order valence-electron chi connectivity index (χ3n) is 7.72.